The van der Waals surface area contributed by atoms with Crippen LogP contribution in [0.1, 0.15) is 78.6 Å². The van der Waals surface area contributed by atoms with Crippen LogP contribution in [0.5, 0.6) is 11.6 Å². The van der Waals surface area contributed by atoms with Crippen LogP contribution >= 0.6 is 0 Å². The number of hydrogen-bond acceptors (Lipinski definition) is 12. The van der Waals surface area contributed by atoms with Crippen molar-refractivity contribution in [3.8, 4) is 23.0 Å². The second-order valence-electron chi connectivity index (χ2n) is 17.1. The highest BCUT2D eigenvalue weighted by atomic mass is 32.2. The van der Waals surface area contributed by atoms with Crippen molar-refractivity contribution >= 4 is 55.9 Å². The summed E-state index contributed by atoms with van der Waals surface area (Å²) in [6.07, 6.45) is 6.33. The maximum atomic E-state index is 14.7. The lowest BCUT2D eigenvalue weighted by atomic mass is 10.0. The number of carbonyl (C=O) groups is 4. The van der Waals surface area contributed by atoms with Gasteiger partial charge in [-0.2, -0.15) is 4.98 Å². The van der Waals surface area contributed by atoms with E-state index in [-0.39, 0.29) is 37.3 Å². The van der Waals surface area contributed by atoms with Gasteiger partial charge < -0.3 is 34.2 Å². The highest BCUT2D eigenvalue weighted by Crippen LogP contribution is 2.46. The van der Waals surface area contributed by atoms with Gasteiger partial charge in [0.2, 0.25) is 27.4 Å². The number of ether oxygens (including phenoxy) is 3. The molecule has 0 radical (unpaired) electrons. The Morgan fingerprint density at radius 1 is 1.00 bits per heavy atom. The lowest BCUT2D eigenvalue weighted by Crippen LogP contribution is -2.58. The quantitative estimate of drug-likeness (QED) is 0.193. The molecule has 1 saturated heterocycles. The van der Waals surface area contributed by atoms with Crippen molar-refractivity contribution in [2.24, 2.45) is 5.92 Å². The normalized spacial score (nSPS) is 25.0. The Kier molecular flexibility index (Phi) is 11.0. The van der Waals surface area contributed by atoms with Gasteiger partial charge in [-0.15, -0.1) is 0 Å². The fraction of sp³-hybridized carbons (Fsp3) is 0.488. The molecule has 0 bridgehead atoms. The molecule has 3 fully saturated rings. The number of furan rings is 1. The summed E-state index contributed by atoms with van der Waals surface area (Å²) < 4.78 is 51.9. The number of rotatable bonds is 8. The van der Waals surface area contributed by atoms with Crippen LogP contribution in [0.4, 0.5) is 4.79 Å². The Balaban J connectivity index is 1.15. The number of fused-ring (bicyclic) bond motifs is 5. The van der Waals surface area contributed by atoms with E-state index >= 15 is 0 Å². The summed E-state index contributed by atoms with van der Waals surface area (Å²) in [5.74, 6) is -1.37. The smallest absolute Gasteiger partial charge is 0.408 e. The fourth-order valence-corrected chi connectivity index (χ4v) is 9.33. The Morgan fingerprint density at radius 2 is 1.77 bits per heavy atom. The summed E-state index contributed by atoms with van der Waals surface area (Å²) in [5, 5.41) is 5.73. The maximum Gasteiger partial charge on any atom is 0.408 e. The molecule has 318 valence electrons. The molecule has 60 heavy (non-hydrogen) atoms. The Hall–Kier alpha value is -5.71. The number of sulfonamides is 1. The van der Waals surface area contributed by atoms with Gasteiger partial charge in [0.05, 0.1) is 18.9 Å². The number of allylic oxidation sites excluding steroid dienone is 1. The number of benzene rings is 2. The summed E-state index contributed by atoms with van der Waals surface area (Å²) in [6.45, 7) is 5.08. The molecule has 2 aromatic carbocycles. The SMILES string of the molecule is COc1ccc(-c2nc(O[C@@H]3C[C@H]4C(=O)N[C@]5(C(=O)NS(=O)(=O)C6CC6)C[C@H]5C=CCCCCC[C@H](NC(=O)OC(C)(C)C)C(=O)N4C3)c3oc4ccccc4c3n2)cc1. The molecule has 4 aliphatic rings. The lowest BCUT2D eigenvalue weighted by Gasteiger charge is -2.30. The zero-order valence-corrected chi connectivity index (χ0v) is 34.9. The van der Waals surface area contributed by atoms with Crippen molar-refractivity contribution in [2.45, 2.75) is 113 Å². The number of aromatic nitrogens is 2. The summed E-state index contributed by atoms with van der Waals surface area (Å²) in [4.78, 5) is 67.3. The van der Waals surface area contributed by atoms with E-state index in [1.807, 2.05) is 48.6 Å². The molecule has 4 aromatic rings. The highest BCUT2D eigenvalue weighted by molar-refractivity contribution is 7.91. The second-order valence-corrected chi connectivity index (χ2v) is 19.0. The molecule has 17 heteroatoms. The molecule has 4 amide bonds. The number of carbonyl (C=O) groups excluding carboxylic acids is 4. The molecule has 2 saturated carbocycles. The van der Waals surface area contributed by atoms with E-state index in [0.29, 0.717) is 53.9 Å². The molecule has 4 heterocycles. The van der Waals surface area contributed by atoms with E-state index < -0.39 is 74.3 Å². The number of alkyl carbamates (subject to hydrolysis) is 1. The van der Waals surface area contributed by atoms with E-state index in [4.69, 9.17) is 28.6 Å². The molecule has 3 N–H and O–H groups in total. The van der Waals surface area contributed by atoms with Crippen LogP contribution < -0.4 is 24.8 Å². The van der Waals surface area contributed by atoms with Gasteiger partial charge in [0.15, 0.2) is 5.82 Å². The van der Waals surface area contributed by atoms with Crippen molar-refractivity contribution in [1.29, 1.82) is 0 Å². The summed E-state index contributed by atoms with van der Waals surface area (Å²) in [5.41, 5.74) is -0.356. The van der Waals surface area contributed by atoms with E-state index in [0.717, 1.165) is 18.2 Å². The number of hydrogen-bond donors (Lipinski definition) is 3. The Labute approximate surface area is 347 Å². The third-order valence-electron chi connectivity index (χ3n) is 11.3. The number of nitrogens with one attached hydrogen (secondary N) is 3. The maximum absolute atomic E-state index is 14.7. The average Bonchev–Trinajstić information content (AvgIpc) is 4.11. The van der Waals surface area contributed by atoms with Crippen LogP contribution in [0.25, 0.3) is 33.5 Å². The van der Waals surface area contributed by atoms with Crippen LogP contribution in [-0.4, -0.2) is 95.3 Å². The number of amides is 4. The monoisotopic (exact) mass is 842 g/mol. The van der Waals surface area contributed by atoms with E-state index in [1.54, 1.807) is 40.0 Å². The summed E-state index contributed by atoms with van der Waals surface area (Å²) in [7, 11) is -2.35. The van der Waals surface area contributed by atoms with Crippen LogP contribution in [0.2, 0.25) is 0 Å². The minimum atomic E-state index is -3.93. The minimum Gasteiger partial charge on any atom is -0.497 e. The van der Waals surface area contributed by atoms with Crippen LogP contribution in [0.15, 0.2) is 65.1 Å². The third-order valence-corrected chi connectivity index (χ3v) is 13.2. The summed E-state index contributed by atoms with van der Waals surface area (Å²) in [6, 6.07) is 12.4. The first-order chi connectivity index (χ1) is 28.6. The topological polar surface area (TPSA) is 208 Å². The van der Waals surface area contributed by atoms with Crippen molar-refractivity contribution in [1.82, 2.24) is 30.2 Å². The van der Waals surface area contributed by atoms with Crippen LogP contribution in [-0.2, 0) is 29.1 Å². The van der Waals surface area contributed by atoms with Crippen LogP contribution in [0.3, 0.4) is 0 Å². The molecule has 0 spiro atoms. The molecule has 2 aromatic heterocycles. The van der Waals surface area contributed by atoms with E-state index in [2.05, 4.69) is 15.4 Å². The van der Waals surface area contributed by atoms with Crippen molar-refractivity contribution in [3.05, 3.63) is 60.7 Å². The predicted molar refractivity (Wildman–Crippen MR) is 220 cm³/mol. The molecular formula is C43H50N6O10S. The molecule has 8 rings (SSSR count). The van der Waals surface area contributed by atoms with Crippen molar-refractivity contribution in [2.75, 3.05) is 13.7 Å². The van der Waals surface area contributed by atoms with Crippen LogP contribution in [0, 0.1) is 5.92 Å². The number of methoxy groups -OCH3 is 1. The predicted octanol–water partition coefficient (Wildman–Crippen LogP) is 5.30. The highest BCUT2D eigenvalue weighted by Gasteiger charge is 2.62. The molecule has 16 nitrogen and oxygen atoms in total. The van der Waals surface area contributed by atoms with Gasteiger partial charge in [0.1, 0.15) is 46.2 Å². The van der Waals surface area contributed by atoms with Gasteiger partial charge in [-0.3, -0.25) is 19.1 Å². The fourth-order valence-electron chi connectivity index (χ4n) is 7.97. The first kappa shape index (κ1) is 41.0. The van der Waals surface area contributed by atoms with Gasteiger partial charge in [-0.05, 0) is 95.7 Å². The van der Waals surface area contributed by atoms with Crippen molar-refractivity contribution in [3.63, 3.8) is 0 Å². The van der Waals surface area contributed by atoms with E-state index in [9.17, 15) is 27.6 Å². The second kappa shape index (κ2) is 16.0. The third kappa shape index (κ3) is 8.62. The van der Waals surface area contributed by atoms with E-state index in [1.165, 1.54) is 4.90 Å². The van der Waals surface area contributed by atoms with Gasteiger partial charge in [-0.25, -0.2) is 18.2 Å². The largest absolute Gasteiger partial charge is 0.497 e. The van der Waals surface area contributed by atoms with Gasteiger partial charge in [-0.1, -0.05) is 37.1 Å². The zero-order valence-electron chi connectivity index (χ0n) is 34.1. The molecule has 2 aliphatic carbocycles. The number of nitrogens with zero attached hydrogens (tertiary/aromatic N) is 3. The minimum absolute atomic E-state index is 0.0289. The Bertz CT molecular complexity index is 2460. The average molecular weight is 843 g/mol. The molecular weight excluding hydrogens is 793 g/mol. The standard InChI is InChI=1S/C43H50N6O10S/c1-42(2,3)59-41(53)44-31-14-9-7-5-6-8-12-26-23-43(26,40(52)48-60(54,55)29-20-21-29)47-37(50)32-22-28(24-49(32)39(31)51)57-38-35-34(30-13-10-11-15-33(30)58-35)45-36(46-38)25-16-18-27(56-4)19-17-25/h8,10-13,15-19,26,28-29,31-32H,5-7,9,14,20-24H2,1-4H3,(H,44,53)(H,47,50)(H,48,52)/t26-,28-,31+,32+,43-/m1/s1. The first-order valence-corrected chi connectivity index (χ1v) is 22.0. The van der Waals surface area contributed by atoms with Gasteiger partial charge >= 0.3 is 6.09 Å². The first-order valence-electron chi connectivity index (χ1n) is 20.5. The number of para-hydroxylation sites is 1. The Morgan fingerprint density at radius 3 is 2.50 bits per heavy atom. The summed E-state index contributed by atoms with van der Waals surface area (Å²) >= 11 is 0. The van der Waals surface area contributed by atoms with Gasteiger partial charge in [0, 0.05) is 23.3 Å². The van der Waals surface area contributed by atoms with Gasteiger partial charge in [0.25, 0.3) is 11.8 Å². The lowest BCUT2D eigenvalue weighted by molar-refractivity contribution is -0.141. The molecule has 2 aliphatic heterocycles. The molecule has 0 unspecified atom stereocenters. The van der Waals surface area contributed by atoms with Crippen molar-refractivity contribution < 1.29 is 46.2 Å². The molecule has 5 atom stereocenters. The zero-order chi connectivity index (χ0) is 42.4.